The van der Waals surface area contributed by atoms with Crippen LogP contribution in [0.3, 0.4) is 0 Å². The first kappa shape index (κ1) is 20.9. The van der Waals surface area contributed by atoms with Gasteiger partial charge in [-0.25, -0.2) is 0 Å². The minimum absolute atomic E-state index is 0.103. The van der Waals surface area contributed by atoms with E-state index in [2.05, 4.69) is 0 Å². The minimum atomic E-state index is -1.03. The molecule has 2 amide bonds. The molecule has 1 heterocycles. The van der Waals surface area contributed by atoms with Gasteiger partial charge in [0.15, 0.2) is 0 Å². The molecular weight excluding hydrogens is 348 g/mol. The third-order valence-electron chi connectivity index (χ3n) is 4.87. The van der Waals surface area contributed by atoms with Crippen LogP contribution in [0.25, 0.3) is 0 Å². The van der Waals surface area contributed by atoms with Crippen LogP contribution in [0.2, 0.25) is 0 Å². The molecule has 2 rings (SSSR count). The summed E-state index contributed by atoms with van der Waals surface area (Å²) in [5.41, 5.74) is 1.14. The van der Waals surface area contributed by atoms with Crippen LogP contribution in [0.4, 0.5) is 0 Å². The third-order valence-corrected chi connectivity index (χ3v) is 4.87. The van der Waals surface area contributed by atoms with E-state index in [1.165, 1.54) is 12.0 Å². The molecule has 0 aliphatic carbocycles. The number of rotatable bonds is 9. The van der Waals surface area contributed by atoms with Gasteiger partial charge in [0.05, 0.1) is 6.61 Å². The number of hydrogen-bond acceptors (Lipinski definition) is 4. The molecule has 27 heavy (non-hydrogen) atoms. The number of hydrogen-bond donors (Lipinski definition) is 1. The summed E-state index contributed by atoms with van der Waals surface area (Å²) < 4.78 is 4.96. The van der Waals surface area contributed by atoms with Crippen LogP contribution < -0.4 is 0 Å². The van der Waals surface area contributed by atoms with Crippen molar-refractivity contribution in [3.05, 3.63) is 35.9 Å². The molecule has 0 spiro atoms. The second kappa shape index (κ2) is 10.7. The Balaban J connectivity index is 1.81. The maximum atomic E-state index is 12.6. The highest BCUT2D eigenvalue weighted by Crippen LogP contribution is 2.20. The van der Waals surface area contributed by atoms with E-state index in [4.69, 9.17) is 9.84 Å². The lowest BCUT2D eigenvalue weighted by atomic mass is 9.94. The maximum Gasteiger partial charge on any atom is 0.323 e. The molecule has 1 aromatic carbocycles. The molecule has 1 aromatic rings. The van der Waals surface area contributed by atoms with Crippen LogP contribution in [-0.4, -0.2) is 72.6 Å². The normalized spacial score (nSPS) is 14.8. The number of amides is 2. The SMILES string of the molecule is COCCN(CC(=O)O)C(=O)C1CCN(C(=O)CCc2ccccc2)CC1. The number of likely N-dealkylation sites (tertiary alicyclic amines) is 1. The topological polar surface area (TPSA) is 87.2 Å². The number of methoxy groups -OCH3 is 1. The first-order chi connectivity index (χ1) is 13.0. The van der Waals surface area contributed by atoms with Gasteiger partial charge in [-0.3, -0.25) is 14.4 Å². The monoisotopic (exact) mass is 376 g/mol. The molecule has 0 unspecified atom stereocenters. The Kier molecular flexibility index (Phi) is 8.26. The summed E-state index contributed by atoms with van der Waals surface area (Å²) in [5.74, 6) is -1.33. The minimum Gasteiger partial charge on any atom is -0.480 e. The number of benzene rings is 1. The largest absolute Gasteiger partial charge is 0.480 e. The van der Waals surface area contributed by atoms with Gasteiger partial charge in [0.1, 0.15) is 6.54 Å². The zero-order valence-corrected chi connectivity index (χ0v) is 15.8. The lowest BCUT2D eigenvalue weighted by molar-refractivity contribution is -0.148. The van der Waals surface area contributed by atoms with E-state index in [1.807, 2.05) is 35.2 Å². The average Bonchev–Trinajstić information content (AvgIpc) is 2.69. The number of carbonyl (C=O) groups excluding carboxylic acids is 2. The van der Waals surface area contributed by atoms with E-state index in [1.54, 1.807) is 0 Å². The van der Waals surface area contributed by atoms with Gasteiger partial charge in [-0.1, -0.05) is 30.3 Å². The van der Waals surface area contributed by atoms with Gasteiger partial charge >= 0.3 is 5.97 Å². The van der Waals surface area contributed by atoms with Gasteiger partial charge in [0.25, 0.3) is 0 Å². The van der Waals surface area contributed by atoms with Crippen molar-refractivity contribution in [2.45, 2.75) is 25.7 Å². The highest BCUT2D eigenvalue weighted by Gasteiger charge is 2.30. The molecule has 0 bridgehead atoms. The second-order valence-corrected chi connectivity index (χ2v) is 6.79. The van der Waals surface area contributed by atoms with Crippen molar-refractivity contribution in [3.8, 4) is 0 Å². The van der Waals surface area contributed by atoms with Gasteiger partial charge in [0.2, 0.25) is 11.8 Å². The molecule has 7 heteroatoms. The van der Waals surface area contributed by atoms with Crippen molar-refractivity contribution < 1.29 is 24.2 Å². The van der Waals surface area contributed by atoms with Crippen LogP contribution >= 0.6 is 0 Å². The maximum absolute atomic E-state index is 12.6. The predicted octanol–water partition coefficient (Wildman–Crippen LogP) is 1.42. The summed E-state index contributed by atoms with van der Waals surface area (Å²) in [6.45, 7) is 1.32. The van der Waals surface area contributed by atoms with Crippen LogP contribution in [0.1, 0.15) is 24.8 Å². The highest BCUT2D eigenvalue weighted by atomic mass is 16.5. The summed E-state index contributed by atoms with van der Waals surface area (Å²) in [4.78, 5) is 39.2. The zero-order chi connectivity index (χ0) is 19.6. The number of carboxylic acid groups (broad SMARTS) is 1. The molecule has 148 valence electrons. The van der Waals surface area contributed by atoms with E-state index < -0.39 is 5.97 Å². The molecule has 0 atom stereocenters. The predicted molar refractivity (Wildman–Crippen MR) is 100 cm³/mol. The fraction of sp³-hybridized carbons (Fsp3) is 0.550. The van der Waals surface area contributed by atoms with Crippen molar-refractivity contribution in [2.24, 2.45) is 5.92 Å². The van der Waals surface area contributed by atoms with Crippen molar-refractivity contribution >= 4 is 17.8 Å². The molecule has 1 saturated heterocycles. The van der Waals surface area contributed by atoms with Gasteiger partial charge in [0, 0.05) is 39.1 Å². The fourth-order valence-corrected chi connectivity index (χ4v) is 3.32. The Morgan fingerprint density at radius 3 is 2.44 bits per heavy atom. The lowest BCUT2D eigenvalue weighted by Crippen LogP contribution is -2.46. The van der Waals surface area contributed by atoms with E-state index in [9.17, 15) is 14.4 Å². The molecule has 1 aliphatic heterocycles. The highest BCUT2D eigenvalue weighted by molar-refractivity contribution is 5.83. The molecule has 7 nitrogen and oxygen atoms in total. The second-order valence-electron chi connectivity index (χ2n) is 6.79. The third kappa shape index (κ3) is 6.67. The molecule has 0 saturated carbocycles. The lowest BCUT2D eigenvalue weighted by Gasteiger charge is -2.34. The van der Waals surface area contributed by atoms with Crippen molar-refractivity contribution in [1.82, 2.24) is 9.80 Å². The first-order valence-electron chi connectivity index (χ1n) is 9.32. The van der Waals surface area contributed by atoms with E-state index in [0.717, 1.165) is 5.56 Å². The summed E-state index contributed by atoms with van der Waals surface area (Å²) >= 11 is 0. The van der Waals surface area contributed by atoms with Gasteiger partial charge < -0.3 is 19.6 Å². The number of aryl methyl sites for hydroxylation is 1. The molecule has 1 fully saturated rings. The van der Waals surface area contributed by atoms with Crippen molar-refractivity contribution in [2.75, 3.05) is 39.9 Å². The van der Waals surface area contributed by atoms with Crippen LogP contribution in [0, 0.1) is 5.92 Å². The van der Waals surface area contributed by atoms with Crippen molar-refractivity contribution in [1.29, 1.82) is 0 Å². The van der Waals surface area contributed by atoms with Crippen LogP contribution in [-0.2, 0) is 25.5 Å². The first-order valence-corrected chi connectivity index (χ1v) is 9.32. The van der Waals surface area contributed by atoms with Gasteiger partial charge in [-0.05, 0) is 24.8 Å². The Labute approximate surface area is 159 Å². The summed E-state index contributed by atoms with van der Waals surface area (Å²) in [6.07, 6.45) is 2.31. The van der Waals surface area contributed by atoms with E-state index in [0.29, 0.717) is 45.4 Å². The van der Waals surface area contributed by atoms with Gasteiger partial charge in [-0.2, -0.15) is 0 Å². The Hall–Kier alpha value is -2.41. The Morgan fingerprint density at radius 2 is 1.85 bits per heavy atom. The average molecular weight is 376 g/mol. The fourth-order valence-electron chi connectivity index (χ4n) is 3.32. The van der Waals surface area contributed by atoms with E-state index >= 15 is 0 Å². The molecule has 0 radical (unpaired) electrons. The summed E-state index contributed by atoms with van der Waals surface area (Å²) in [5, 5.41) is 9.01. The molecule has 1 aliphatic rings. The number of aliphatic carboxylic acids is 1. The number of piperidine rings is 1. The molecule has 0 aromatic heterocycles. The quantitative estimate of drug-likeness (QED) is 0.704. The summed E-state index contributed by atoms with van der Waals surface area (Å²) in [6, 6.07) is 9.89. The van der Waals surface area contributed by atoms with Crippen LogP contribution in [0.15, 0.2) is 30.3 Å². The Morgan fingerprint density at radius 1 is 1.19 bits per heavy atom. The number of carboxylic acids is 1. The smallest absolute Gasteiger partial charge is 0.323 e. The number of carbonyl (C=O) groups is 3. The zero-order valence-electron chi connectivity index (χ0n) is 15.8. The van der Waals surface area contributed by atoms with Gasteiger partial charge in [-0.15, -0.1) is 0 Å². The summed E-state index contributed by atoms with van der Waals surface area (Å²) in [7, 11) is 1.52. The molecule has 1 N–H and O–H groups in total. The standard InChI is InChI=1S/C20H28N2O5/c1-27-14-13-22(15-19(24)25)20(26)17-9-11-21(12-10-17)18(23)8-7-16-5-3-2-4-6-16/h2-6,17H,7-15H2,1H3,(H,24,25). The number of ether oxygens (including phenoxy) is 1. The number of nitrogens with zero attached hydrogens (tertiary/aromatic N) is 2. The molecular formula is C20H28N2O5. The van der Waals surface area contributed by atoms with E-state index in [-0.39, 0.29) is 30.8 Å². The Bertz CT molecular complexity index is 627. The van der Waals surface area contributed by atoms with Crippen LogP contribution in [0.5, 0.6) is 0 Å². The van der Waals surface area contributed by atoms with Crippen molar-refractivity contribution in [3.63, 3.8) is 0 Å².